The van der Waals surface area contributed by atoms with Crippen LogP contribution in [-0.2, 0) is 9.47 Å². The minimum atomic E-state index is -1.50. The van der Waals surface area contributed by atoms with E-state index in [-0.39, 0.29) is 0 Å². The number of carbonyl (C=O) groups is 1. The Kier molecular flexibility index (Phi) is 6.28. The van der Waals surface area contributed by atoms with Crippen molar-refractivity contribution in [3.05, 3.63) is 54.1 Å². The van der Waals surface area contributed by atoms with Crippen molar-refractivity contribution in [3.8, 4) is 16.9 Å². The second-order valence-corrected chi connectivity index (χ2v) is 6.41. The number of aliphatic hydroxyl groups excluding tert-OH is 4. The van der Waals surface area contributed by atoms with Crippen molar-refractivity contribution in [1.29, 1.82) is 0 Å². The molecule has 0 spiro atoms. The fourth-order valence-corrected chi connectivity index (χ4v) is 2.94. The van der Waals surface area contributed by atoms with Gasteiger partial charge in [-0.15, -0.1) is 0 Å². The molecule has 28 heavy (non-hydrogen) atoms. The van der Waals surface area contributed by atoms with Crippen LogP contribution in [0.25, 0.3) is 11.1 Å². The average Bonchev–Trinajstić information content (AvgIpc) is 2.74. The molecule has 0 amide bonds. The molecule has 1 aliphatic rings. The highest BCUT2D eigenvalue weighted by Crippen LogP contribution is 2.27. The maximum absolute atomic E-state index is 11.5. The highest BCUT2D eigenvalue weighted by Gasteiger charge is 2.44. The number of hydrogen-bond donors (Lipinski definition) is 4. The van der Waals surface area contributed by atoms with Crippen LogP contribution in [0.2, 0.25) is 0 Å². The first-order chi connectivity index (χ1) is 13.4. The summed E-state index contributed by atoms with van der Waals surface area (Å²) in [6.45, 7) is -0.523. The molecule has 0 bridgehead atoms. The van der Waals surface area contributed by atoms with Gasteiger partial charge >= 0.3 is 5.97 Å². The summed E-state index contributed by atoms with van der Waals surface area (Å²) in [6.07, 6.45) is -6.67. The second-order valence-electron chi connectivity index (χ2n) is 6.41. The van der Waals surface area contributed by atoms with E-state index in [2.05, 4.69) is 4.74 Å². The van der Waals surface area contributed by atoms with Gasteiger partial charge in [-0.05, 0) is 35.4 Å². The van der Waals surface area contributed by atoms with Gasteiger partial charge in [0.05, 0.1) is 19.3 Å². The van der Waals surface area contributed by atoms with Gasteiger partial charge in [0.1, 0.15) is 30.2 Å². The third kappa shape index (κ3) is 4.16. The summed E-state index contributed by atoms with van der Waals surface area (Å²) in [6, 6.07) is 13.8. The van der Waals surface area contributed by atoms with Crippen molar-refractivity contribution in [3.63, 3.8) is 0 Å². The molecule has 1 saturated heterocycles. The van der Waals surface area contributed by atoms with Crippen molar-refractivity contribution in [2.24, 2.45) is 0 Å². The summed E-state index contributed by atoms with van der Waals surface area (Å²) >= 11 is 0. The molecule has 2 aromatic rings. The lowest BCUT2D eigenvalue weighted by atomic mass is 9.99. The van der Waals surface area contributed by atoms with Gasteiger partial charge in [-0.1, -0.05) is 24.3 Å². The first-order valence-corrected chi connectivity index (χ1v) is 8.70. The van der Waals surface area contributed by atoms with Gasteiger partial charge in [-0.2, -0.15) is 0 Å². The van der Waals surface area contributed by atoms with Crippen molar-refractivity contribution in [2.45, 2.75) is 30.7 Å². The van der Waals surface area contributed by atoms with Gasteiger partial charge in [0.15, 0.2) is 0 Å². The Balaban J connectivity index is 1.70. The topological polar surface area (TPSA) is 126 Å². The quantitative estimate of drug-likeness (QED) is 0.538. The van der Waals surface area contributed by atoms with E-state index in [4.69, 9.17) is 9.47 Å². The zero-order valence-electron chi connectivity index (χ0n) is 15.1. The van der Waals surface area contributed by atoms with Crippen molar-refractivity contribution in [2.75, 3.05) is 13.7 Å². The van der Waals surface area contributed by atoms with E-state index in [0.717, 1.165) is 11.1 Å². The number of ether oxygens (including phenoxy) is 3. The second kappa shape index (κ2) is 8.68. The first kappa shape index (κ1) is 20.2. The van der Waals surface area contributed by atoms with Crippen LogP contribution in [0.5, 0.6) is 5.75 Å². The average molecular weight is 390 g/mol. The predicted octanol–water partition coefficient (Wildman–Crippen LogP) is 0.319. The van der Waals surface area contributed by atoms with Crippen LogP contribution in [-0.4, -0.2) is 70.8 Å². The largest absolute Gasteiger partial charge is 0.465 e. The number of esters is 1. The smallest absolute Gasteiger partial charge is 0.337 e. The van der Waals surface area contributed by atoms with Gasteiger partial charge in [-0.25, -0.2) is 4.79 Å². The maximum atomic E-state index is 11.5. The fourth-order valence-electron chi connectivity index (χ4n) is 2.94. The molecule has 1 heterocycles. The van der Waals surface area contributed by atoms with E-state index in [1.165, 1.54) is 7.11 Å². The molecule has 5 atom stereocenters. The van der Waals surface area contributed by atoms with E-state index in [9.17, 15) is 25.2 Å². The number of methoxy groups -OCH3 is 1. The van der Waals surface area contributed by atoms with E-state index < -0.39 is 43.3 Å². The summed E-state index contributed by atoms with van der Waals surface area (Å²) < 4.78 is 15.5. The molecule has 5 unspecified atom stereocenters. The molecule has 1 aliphatic heterocycles. The van der Waals surface area contributed by atoms with E-state index >= 15 is 0 Å². The van der Waals surface area contributed by atoms with Crippen LogP contribution >= 0.6 is 0 Å². The summed E-state index contributed by atoms with van der Waals surface area (Å²) in [5.41, 5.74) is 2.21. The molecular formula is C20H22O8. The van der Waals surface area contributed by atoms with Gasteiger partial charge in [0.2, 0.25) is 6.29 Å². The zero-order valence-corrected chi connectivity index (χ0v) is 15.1. The molecule has 0 aliphatic carbocycles. The number of aliphatic hydroxyl groups is 4. The van der Waals surface area contributed by atoms with E-state index in [1.807, 2.05) is 0 Å². The Hall–Kier alpha value is -2.49. The molecule has 8 heteroatoms. The summed E-state index contributed by atoms with van der Waals surface area (Å²) in [5, 5.41) is 38.9. The molecule has 150 valence electrons. The van der Waals surface area contributed by atoms with Crippen LogP contribution in [0, 0.1) is 0 Å². The van der Waals surface area contributed by atoms with Crippen LogP contribution < -0.4 is 4.74 Å². The van der Waals surface area contributed by atoms with Crippen LogP contribution in [0.15, 0.2) is 48.5 Å². The lowest BCUT2D eigenvalue weighted by molar-refractivity contribution is -0.277. The molecule has 4 N–H and O–H groups in total. The fraction of sp³-hybridized carbons (Fsp3) is 0.350. The van der Waals surface area contributed by atoms with Crippen molar-refractivity contribution >= 4 is 5.97 Å². The molecule has 3 rings (SSSR count). The molecule has 0 saturated carbocycles. The maximum Gasteiger partial charge on any atom is 0.337 e. The summed E-state index contributed by atoms with van der Waals surface area (Å²) in [5.74, 6) is -0.0333. The zero-order chi connectivity index (χ0) is 20.3. The number of hydrogen-bond acceptors (Lipinski definition) is 8. The van der Waals surface area contributed by atoms with Crippen LogP contribution in [0.3, 0.4) is 0 Å². The molecular weight excluding hydrogens is 368 g/mol. The Bertz CT molecular complexity index is 787. The third-order valence-corrected chi connectivity index (χ3v) is 4.59. The van der Waals surface area contributed by atoms with Crippen molar-refractivity contribution in [1.82, 2.24) is 0 Å². The molecule has 0 aromatic heterocycles. The lowest BCUT2D eigenvalue weighted by Crippen LogP contribution is -2.60. The van der Waals surface area contributed by atoms with E-state index in [0.29, 0.717) is 11.3 Å². The lowest BCUT2D eigenvalue weighted by Gasteiger charge is -2.39. The number of rotatable bonds is 5. The summed E-state index contributed by atoms with van der Waals surface area (Å²) in [7, 11) is 1.32. The number of benzene rings is 2. The normalized spacial score (nSPS) is 27.2. The molecule has 0 radical (unpaired) electrons. The van der Waals surface area contributed by atoms with Crippen LogP contribution in [0.4, 0.5) is 0 Å². The predicted molar refractivity (Wildman–Crippen MR) is 97.6 cm³/mol. The van der Waals surface area contributed by atoms with Crippen LogP contribution in [0.1, 0.15) is 10.4 Å². The molecule has 1 fully saturated rings. The minimum Gasteiger partial charge on any atom is -0.465 e. The van der Waals surface area contributed by atoms with Crippen molar-refractivity contribution < 1.29 is 39.4 Å². The highest BCUT2D eigenvalue weighted by atomic mass is 16.7. The standard InChI is InChI=1S/C20H22O8/c1-26-19(25)13-4-2-11(3-5-13)12-6-8-14(9-7-12)27-20-18(24)17(23)16(22)15(10-21)28-20/h2-9,15-18,20-24H,10H2,1H3. The van der Waals surface area contributed by atoms with Gasteiger partial charge in [-0.3, -0.25) is 0 Å². The Morgan fingerprint density at radius 2 is 1.50 bits per heavy atom. The van der Waals surface area contributed by atoms with Gasteiger partial charge in [0, 0.05) is 0 Å². The Morgan fingerprint density at radius 3 is 2.04 bits per heavy atom. The SMILES string of the molecule is COC(=O)c1ccc(-c2ccc(OC3OC(CO)C(O)C(O)C3O)cc2)cc1. The highest BCUT2D eigenvalue weighted by molar-refractivity contribution is 5.89. The molecule has 2 aromatic carbocycles. The van der Waals surface area contributed by atoms with Gasteiger partial charge < -0.3 is 34.6 Å². The summed E-state index contributed by atoms with van der Waals surface area (Å²) in [4.78, 5) is 11.5. The number of carbonyl (C=O) groups excluding carboxylic acids is 1. The van der Waals surface area contributed by atoms with E-state index in [1.54, 1.807) is 48.5 Å². The monoisotopic (exact) mass is 390 g/mol. The Labute approximate surface area is 161 Å². The first-order valence-electron chi connectivity index (χ1n) is 8.70. The molecule has 8 nitrogen and oxygen atoms in total. The van der Waals surface area contributed by atoms with Gasteiger partial charge in [0.25, 0.3) is 0 Å². The Morgan fingerprint density at radius 1 is 0.929 bits per heavy atom. The minimum absolute atomic E-state index is 0.374. The third-order valence-electron chi connectivity index (χ3n) is 4.59.